The second-order valence-electron chi connectivity index (χ2n) is 6.84. The van der Waals surface area contributed by atoms with Crippen molar-refractivity contribution in [3.05, 3.63) is 95.9 Å². The predicted molar refractivity (Wildman–Crippen MR) is 111 cm³/mol. The van der Waals surface area contributed by atoms with Crippen LogP contribution in [0.4, 0.5) is 0 Å². The molecule has 3 rings (SSSR count). The SMILES string of the molecule is CC(C)C(NC(=O)c1ccco1)C(=O)NN=C(c1ccccc1)c1ccccc1. The summed E-state index contributed by atoms with van der Waals surface area (Å²) in [6, 6.07) is 21.6. The van der Waals surface area contributed by atoms with Gasteiger partial charge >= 0.3 is 0 Å². The Bertz CT molecular complexity index is 924. The fourth-order valence-corrected chi connectivity index (χ4v) is 2.82. The minimum Gasteiger partial charge on any atom is -0.459 e. The fraction of sp³-hybridized carbons (Fsp3) is 0.174. The number of carbonyl (C=O) groups excluding carboxylic acids is 2. The van der Waals surface area contributed by atoms with E-state index < -0.39 is 17.9 Å². The molecule has 148 valence electrons. The molecule has 2 amide bonds. The van der Waals surface area contributed by atoms with Crippen LogP contribution in [0.15, 0.2) is 88.6 Å². The quantitative estimate of drug-likeness (QED) is 0.478. The Morgan fingerprint density at radius 2 is 1.45 bits per heavy atom. The van der Waals surface area contributed by atoms with Crippen molar-refractivity contribution in [1.82, 2.24) is 10.7 Å². The molecule has 2 N–H and O–H groups in total. The molecule has 0 bridgehead atoms. The lowest BCUT2D eigenvalue weighted by atomic mass is 10.0. The van der Waals surface area contributed by atoms with Crippen molar-refractivity contribution in [1.29, 1.82) is 0 Å². The first kappa shape index (κ1) is 20.1. The Hall–Kier alpha value is -3.67. The van der Waals surface area contributed by atoms with Crippen LogP contribution in [0, 0.1) is 5.92 Å². The van der Waals surface area contributed by atoms with Gasteiger partial charge in [0.05, 0.1) is 12.0 Å². The molecule has 0 saturated heterocycles. The van der Waals surface area contributed by atoms with E-state index in [1.54, 1.807) is 12.1 Å². The van der Waals surface area contributed by atoms with Crippen molar-refractivity contribution >= 4 is 17.5 Å². The first-order valence-corrected chi connectivity index (χ1v) is 9.39. The average molecular weight is 389 g/mol. The number of hydrogen-bond acceptors (Lipinski definition) is 4. The van der Waals surface area contributed by atoms with Crippen molar-refractivity contribution in [2.75, 3.05) is 0 Å². The highest BCUT2D eigenvalue weighted by atomic mass is 16.3. The number of carbonyl (C=O) groups is 2. The molecule has 0 aliphatic carbocycles. The van der Waals surface area contributed by atoms with E-state index in [9.17, 15) is 9.59 Å². The van der Waals surface area contributed by atoms with Gasteiger partial charge in [-0.15, -0.1) is 0 Å². The Morgan fingerprint density at radius 3 is 1.93 bits per heavy atom. The molecule has 0 aliphatic rings. The molecule has 0 aliphatic heterocycles. The highest BCUT2D eigenvalue weighted by Gasteiger charge is 2.25. The van der Waals surface area contributed by atoms with Gasteiger partial charge in [-0.2, -0.15) is 5.10 Å². The monoisotopic (exact) mass is 389 g/mol. The van der Waals surface area contributed by atoms with Crippen molar-refractivity contribution in [2.45, 2.75) is 19.9 Å². The second-order valence-corrected chi connectivity index (χ2v) is 6.84. The van der Waals surface area contributed by atoms with E-state index in [-0.39, 0.29) is 11.7 Å². The number of hydrazone groups is 1. The molecule has 0 saturated carbocycles. The van der Waals surface area contributed by atoms with Gasteiger partial charge in [-0.05, 0) is 18.1 Å². The molecule has 1 unspecified atom stereocenters. The minimum absolute atomic E-state index is 0.138. The maximum absolute atomic E-state index is 12.8. The standard InChI is InChI=1S/C23H23N3O3/c1-16(2)20(24-22(27)19-14-9-15-29-19)23(28)26-25-21(17-10-5-3-6-11-17)18-12-7-4-8-13-18/h3-16,20H,1-2H3,(H,24,27)(H,26,28). The number of nitrogens with zero attached hydrogens (tertiary/aromatic N) is 1. The van der Waals surface area contributed by atoms with Crippen LogP contribution in [-0.2, 0) is 4.79 Å². The number of amides is 2. The van der Waals surface area contributed by atoms with Crippen LogP contribution in [0.2, 0.25) is 0 Å². The molecule has 6 heteroatoms. The zero-order valence-electron chi connectivity index (χ0n) is 16.3. The third kappa shape index (κ3) is 5.19. The Labute approximate surface area is 169 Å². The average Bonchev–Trinajstić information content (AvgIpc) is 3.28. The van der Waals surface area contributed by atoms with Crippen molar-refractivity contribution < 1.29 is 14.0 Å². The summed E-state index contributed by atoms with van der Waals surface area (Å²) in [5.74, 6) is -0.828. The zero-order chi connectivity index (χ0) is 20.6. The van der Waals surface area contributed by atoms with Gasteiger partial charge in [-0.1, -0.05) is 74.5 Å². The van der Waals surface area contributed by atoms with E-state index in [0.717, 1.165) is 11.1 Å². The van der Waals surface area contributed by atoms with E-state index in [1.165, 1.54) is 6.26 Å². The number of benzene rings is 2. The molecule has 1 aromatic heterocycles. The zero-order valence-corrected chi connectivity index (χ0v) is 16.3. The molecule has 29 heavy (non-hydrogen) atoms. The van der Waals surface area contributed by atoms with Gasteiger partial charge < -0.3 is 9.73 Å². The van der Waals surface area contributed by atoms with E-state index in [2.05, 4.69) is 15.8 Å². The molecule has 0 fully saturated rings. The van der Waals surface area contributed by atoms with Gasteiger partial charge in [0.2, 0.25) is 0 Å². The van der Waals surface area contributed by atoms with Crippen molar-refractivity contribution in [3.63, 3.8) is 0 Å². The number of nitrogens with one attached hydrogen (secondary N) is 2. The van der Waals surface area contributed by atoms with Gasteiger partial charge in [0.15, 0.2) is 5.76 Å². The largest absolute Gasteiger partial charge is 0.459 e. The fourth-order valence-electron chi connectivity index (χ4n) is 2.82. The number of hydrogen-bond donors (Lipinski definition) is 2. The van der Waals surface area contributed by atoms with Gasteiger partial charge in [-0.25, -0.2) is 5.43 Å². The molecule has 0 spiro atoms. The van der Waals surface area contributed by atoms with Crippen LogP contribution < -0.4 is 10.7 Å². The topological polar surface area (TPSA) is 83.7 Å². The summed E-state index contributed by atoms with van der Waals surface area (Å²) in [4.78, 5) is 25.1. The third-order valence-corrected chi connectivity index (χ3v) is 4.35. The maximum Gasteiger partial charge on any atom is 0.287 e. The number of rotatable bonds is 7. The summed E-state index contributed by atoms with van der Waals surface area (Å²) in [7, 11) is 0. The van der Waals surface area contributed by atoms with Gasteiger partial charge in [0.1, 0.15) is 6.04 Å². The normalized spacial score (nSPS) is 11.6. The van der Waals surface area contributed by atoms with Crippen LogP contribution in [0.25, 0.3) is 0 Å². The Morgan fingerprint density at radius 1 is 0.862 bits per heavy atom. The lowest BCUT2D eigenvalue weighted by molar-refractivity contribution is -0.123. The highest BCUT2D eigenvalue weighted by Crippen LogP contribution is 2.11. The van der Waals surface area contributed by atoms with Crippen molar-refractivity contribution in [3.8, 4) is 0 Å². The molecular weight excluding hydrogens is 366 g/mol. The summed E-state index contributed by atoms with van der Waals surface area (Å²) in [6.07, 6.45) is 1.41. The lowest BCUT2D eigenvalue weighted by Gasteiger charge is -2.20. The summed E-state index contributed by atoms with van der Waals surface area (Å²) < 4.78 is 5.10. The Balaban J connectivity index is 1.81. The molecule has 0 radical (unpaired) electrons. The summed E-state index contributed by atoms with van der Waals surface area (Å²) in [5.41, 5.74) is 5.00. The molecule has 3 aromatic rings. The molecule has 1 atom stereocenters. The minimum atomic E-state index is -0.760. The van der Waals surface area contributed by atoms with Crippen LogP contribution >= 0.6 is 0 Å². The van der Waals surface area contributed by atoms with Crippen LogP contribution in [0.1, 0.15) is 35.5 Å². The highest BCUT2D eigenvalue weighted by molar-refractivity contribution is 6.13. The molecule has 1 heterocycles. The van der Waals surface area contributed by atoms with Crippen LogP contribution in [0.3, 0.4) is 0 Å². The van der Waals surface area contributed by atoms with E-state index in [0.29, 0.717) is 5.71 Å². The van der Waals surface area contributed by atoms with Gasteiger partial charge in [0.25, 0.3) is 11.8 Å². The molecule has 2 aromatic carbocycles. The van der Waals surface area contributed by atoms with E-state index in [1.807, 2.05) is 74.5 Å². The second kappa shape index (κ2) is 9.50. The van der Waals surface area contributed by atoms with Gasteiger partial charge in [-0.3, -0.25) is 9.59 Å². The third-order valence-electron chi connectivity index (χ3n) is 4.35. The summed E-state index contributed by atoms with van der Waals surface area (Å²) in [6.45, 7) is 3.71. The van der Waals surface area contributed by atoms with Crippen LogP contribution in [0.5, 0.6) is 0 Å². The maximum atomic E-state index is 12.8. The summed E-state index contributed by atoms with van der Waals surface area (Å²) >= 11 is 0. The van der Waals surface area contributed by atoms with E-state index in [4.69, 9.17) is 4.42 Å². The van der Waals surface area contributed by atoms with Gasteiger partial charge in [0, 0.05) is 11.1 Å². The number of furan rings is 1. The lowest BCUT2D eigenvalue weighted by Crippen LogP contribution is -2.48. The van der Waals surface area contributed by atoms with E-state index >= 15 is 0 Å². The Kier molecular flexibility index (Phi) is 6.58. The van der Waals surface area contributed by atoms with Crippen molar-refractivity contribution in [2.24, 2.45) is 11.0 Å². The summed E-state index contributed by atoms with van der Waals surface area (Å²) in [5, 5.41) is 7.09. The first-order valence-electron chi connectivity index (χ1n) is 9.39. The molecular formula is C23H23N3O3. The first-order chi connectivity index (χ1) is 14.1. The molecule has 6 nitrogen and oxygen atoms in total. The predicted octanol–water partition coefficient (Wildman–Crippen LogP) is 3.60. The van der Waals surface area contributed by atoms with Crippen LogP contribution in [-0.4, -0.2) is 23.6 Å². The smallest absolute Gasteiger partial charge is 0.287 e.